The molecule has 4 nitrogen and oxygen atoms in total. The Morgan fingerprint density at radius 3 is 2.70 bits per heavy atom. The van der Waals surface area contributed by atoms with Crippen LogP contribution in [0.3, 0.4) is 0 Å². The summed E-state index contributed by atoms with van der Waals surface area (Å²) < 4.78 is 5.10. The van der Waals surface area contributed by atoms with Crippen LogP contribution >= 0.6 is 11.3 Å². The highest BCUT2D eigenvalue weighted by Gasteiger charge is 2.04. The molecule has 0 radical (unpaired) electrons. The number of aryl methyl sites for hydroxylation is 2. The number of carbonyl (C=O) groups is 1. The number of hydrogen-bond acceptors (Lipinski definition) is 4. The van der Waals surface area contributed by atoms with E-state index in [1.807, 2.05) is 37.4 Å². The number of rotatable bonds is 6. The van der Waals surface area contributed by atoms with E-state index in [1.54, 1.807) is 18.4 Å². The van der Waals surface area contributed by atoms with Gasteiger partial charge in [0.25, 0.3) is 0 Å². The average molecular weight is 290 g/mol. The first kappa shape index (κ1) is 14.5. The van der Waals surface area contributed by atoms with Crippen LogP contribution in [0.2, 0.25) is 0 Å². The molecule has 1 amide bonds. The number of amides is 1. The number of benzene rings is 1. The molecule has 1 N–H and O–H groups in total. The summed E-state index contributed by atoms with van der Waals surface area (Å²) in [5.41, 5.74) is 1.13. The predicted octanol–water partition coefficient (Wildman–Crippen LogP) is 2.71. The van der Waals surface area contributed by atoms with Gasteiger partial charge in [-0.15, -0.1) is 11.3 Å². The first-order chi connectivity index (χ1) is 9.67. The SMILES string of the molecule is COc1ccc(CCC(=O)NCc2ncc(C)s2)cc1. The minimum atomic E-state index is 0.0497. The third-order valence-corrected chi connectivity index (χ3v) is 3.82. The molecule has 0 bridgehead atoms. The Morgan fingerprint density at radius 1 is 1.35 bits per heavy atom. The van der Waals surface area contributed by atoms with Crippen LogP contribution in [0.25, 0.3) is 0 Å². The Morgan fingerprint density at radius 2 is 2.10 bits per heavy atom. The zero-order valence-corrected chi connectivity index (χ0v) is 12.5. The summed E-state index contributed by atoms with van der Waals surface area (Å²) in [7, 11) is 1.64. The van der Waals surface area contributed by atoms with Crippen molar-refractivity contribution in [1.29, 1.82) is 0 Å². The van der Waals surface area contributed by atoms with E-state index < -0.39 is 0 Å². The first-order valence-corrected chi connectivity index (χ1v) is 7.30. The molecule has 0 aliphatic heterocycles. The Bertz CT molecular complexity index is 564. The van der Waals surface area contributed by atoms with Crippen LogP contribution in [-0.4, -0.2) is 18.0 Å². The van der Waals surface area contributed by atoms with Gasteiger partial charge in [-0.1, -0.05) is 12.1 Å². The topological polar surface area (TPSA) is 51.2 Å². The van der Waals surface area contributed by atoms with Crippen LogP contribution in [-0.2, 0) is 17.8 Å². The van der Waals surface area contributed by atoms with Gasteiger partial charge in [0.15, 0.2) is 0 Å². The number of hydrogen-bond donors (Lipinski definition) is 1. The highest BCUT2D eigenvalue weighted by atomic mass is 32.1. The zero-order chi connectivity index (χ0) is 14.4. The average Bonchev–Trinajstić information content (AvgIpc) is 2.89. The van der Waals surface area contributed by atoms with Crippen molar-refractivity contribution in [2.75, 3.05) is 7.11 Å². The van der Waals surface area contributed by atoms with Crippen LogP contribution in [0.4, 0.5) is 0 Å². The minimum absolute atomic E-state index is 0.0497. The quantitative estimate of drug-likeness (QED) is 0.890. The van der Waals surface area contributed by atoms with Crippen molar-refractivity contribution in [2.45, 2.75) is 26.3 Å². The number of nitrogens with zero attached hydrogens (tertiary/aromatic N) is 1. The standard InChI is InChI=1S/C15H18N2O2S/c1-11-9-17-15(20-11)10-16-14(18)8-5-12-3-6-13(19-2)7-4-12/h3-4,6-7,9H,5,8,10H2,1-2H3,(H,16,18). The van der Waals surface area contributed by atoms with Crippen molar-refractivity contribution in [3.63, 3.8) is 0 Å². The van der Waals surface area contributed by atoms with Gasteiger partial charge in [0.1, 0.15) is 10.8 Å². The molecule has 1 heterocycles. The second-order valence-corrected chi connectivity index (χ2v) is 5.81. The predicted molar refractivity (Wildman–Crippen MR) is 80.0 cm³/mol. The van der Waals surface area contributed by atoms with Gasteiger partial charge in [0.2, 0.25) is 5.91 Å². The van der Waals surface area contributed by atoms with E-state index in [2.05, 4.69) is 10.3 Å². The molecule has 0 fully saturated rings. The molecule has 0 saturated carbocycles. The van der Waals surface area contributed by atoms with E-state index in [1.165, 1.54) is 0 Å². The normalized spacial score (nSPS) is 10.3. The van der Waals surface area contributed by atoms with Gasteiger partial charge in [-0.05, 0) is 31.0 Å². The second-order valence-electron chi connectivity index (χ2n) is 4.49. The summed E-state index contributed by atoms with van der Waals surface area (Å²) in [6.07, 6.45) is 3.03. The number of thiazole rings is 1. The van der Waals surface area contributed by atoms with Gasteiger partial charge < -0.3 is 10.1 Å². The number of carbonyl (C=O) groups excluding carboxylic acids is 1. The summed E-state index contributed by atoms with van der Waals surface area (Å²) in [6, 6.07) is 7.78. The molecule has 0 spiro atoms. The minimum Gasteiger partial charge on any atom is -0.497 e. The molecule has 106 valence electrons. The first-order valence-electron chi connectivity index (χ1n) is 6.48. The lowest BCUT2D eigenvalue weighted by Crippen LogP contribution is -2.22. The molecular weight excluding hydrogens is 272 g/mol. The zero-order valence-electron chi connectivity index (χ0n) is 11.7. The van der Waals surface area contributed by atoms with Crippen LogP contribution in [0, 0.1) is 6.92 Å². The maximum absolute atomic E-state index is 11.8. The lowest BCUT2D eigenvalue weighted by atomic mass is 10.1. The molecule has 2 aromatic rings. The number of aromatic nitrogens is 1. The Hall–Kier alpha value is -1.88. The smallest absolute Gasteiger partial charge is 0.220 e. The summed E-state index contributed by atoms with van der Waals surface area (Å²) in [5.74, 6) is 0.881. The largest absolute Gasteiger partial charge is 0.497 e. The van der Waals surface area contributed by atoms with Gasteiger partial charge in [0, 0.05) is 17.5 Å². The van der Waals surface area contributed by atoms with Crippen LogP contribution in [0.5, 0.6) is 5.75 Å². The van der Waals surface area contributed by atoms with E-state index in [4.69, 9.17) is 4.74 Å². The van der Waals surface area contributed by atoms with Crippen molar-refractivity contribution < 1.29 is 9.53 Å². The Kier molecular flexibility index (Phi) is 5.12. The van der Waals surface area contributed by atoms with Gasteiger partial charge in [-0.3, -0.25) is 4.79 Å². The lowest BCUT2D eigenvalue weighted by Gasteiger charge is -2.04. The molecule has 0 atom stereocenters. The van der Waals surface area contributed by atoms with E-state index in [-0.39, 0.29) is 5.91 Å². The van der Waals surface area contributed by atoms with Gasteiger partial charge in [0.05, 0.1) is 13.7 Å². The fraction of sp³-hybridized carbons (Fsp3) is 0.333. The van der Waals surface area contributed by atoms with Crippen molar-refractivity contribution in [2.24, 2.45) is 0 Å². The maximum atomic E-state index is 11.8. The molecule has 0 aliphatic carbocycles. The molecule has 2 rings (SSSR count). The Labute approximate surface area is 122 Å². The van der Waals surface area contributed by atoms with Crippen molar-refractivity contribution in [3.05, 3.63) is 45.9 Å². The van der Waals surface area contributed by atoms with Crippen LogP contribution in [0.1, 0.15) is 21.9 Å². The fourth-order valence-electron chi connectivity index (χ4n) is 1.80. The van der Waals surface area contributed by atoms with Crippen molar-refractivity contribution in [1.82, 2.24) is 10.3 Å². The van der Waals surface area contributed by atoms with Gasteiger partial charge >= 0.3 is 0 Å². The van der Waals surface area contributed by atoms with Crippen LogP contribution in [0.15, 0.2) is 30.5 Å². The molecule has 5 heteroatoms. The summed E-state index contributed by atoms with van der Waals surface area (Å²) >= 11 is 1.61. The third-order valence-electron chi connectivity index (χ3n) is 2.91. The van der Waals surface area contributed by atoms with E-state index in [0.29, 0.717) is 13.0 Å². The van der Waals surface area contributed by atoms with Crippen LogP contribution < -0.4 is 10.1 Å². The molecule has 0 aliphatic rings. The number of ether oxygens (including phenoxy) is 1. The monoisotopic (exact) mass is 290 g/mol. The molecular formula is C15H18N2O2S. The molecule has 1 aromatic heterocycles. The summed E-state index contributed by atoms with van der Waals surface area (Å²) in [6.45, 7) is 2.52. The molecule has 1 aromatic carbocycles. The molecule has 20 heavy (non-hydrogen) atoms. The third kappa shape index (κ3) is 4.35. The second kappa shape index (κ2) is 7.05. The highest BCUT2D eigenvalue weighted by Crippen LogP contribution is 2.13. The van der Waals surface area contributed by atoms with E-state index in [0.717, 1.165) is 27.6 Å². The summed E-state index contributed by atoms with van der Waals surface area (Å²) in [5, 5.41) is 3.83. The molecule has 0 saturated heterocycles. The number of methoxy groups -OCH3 is 1. The van der Waals surface area contributed by atoms with Crippen molar-refractivity contribution >= 4 is 17.2 Å². The van der Waals surface area contributed by atoms with Gasteiger partial charge in [-0.25, -0.2) is 4.98 Å². The van der Waals surface area contributed by atoms with E-state index in [9.17, 15) is 4.79 Å². The summed E-state index contributed by atoms with van der Waals surface area (Å²) in [4.78, 5) is 17.1. The Balaban J connectivity index is 1.74. The lowest BCUT2D eigenvalue weighted by molar-refractivity contribution is -0.121. The highest BCUT2D eigenvalue weighted by molar-refractivity contribution is 7.11. The number of nitrogens with one attached hydrogen (secondary N) is 1. The van der Waals surface area contributed by atoms with Crippen molar-refractivity contribution in [3.8, 4) is 5.75 Å². The fourth-order valence-corrected chi connectivity index (χ4v) is 2.52. The maximum Gasteiger partial charge on any atom is 0.220 e. The van der Waals surface area contributed by atoms with Gasteiger partial charge in [-0.2, -0.15) is 0 Å². The molecule has 0 unspecified atom stereocenters. The van der Waals surface area contributed by atoms with E-state index >= 15 is 0 Å².